The molecule has 4 aromatic carbocycles. The quantitative estimate of drug-likeness (QED) is 0.157. The molecule has 5 rings (SSSR count). The number of hydrogen-bond donors (Lipinski definition) is 1. The number of rotatable bonds is 12. The molecule has 1 atom stereocenters. The van der Waals surface area contributed by atoms with Crippen LogP contribution in [0.5, 0.6) is 0 Å². The maximum Gasteiger partial charge on any atom is 0.416 e. The minimum absolute atomic E-state index is 0.0477. The van der Waals surface area contributed by atoms with Crippen molar-refractivity contribution in [2.75, 3.05) is 10.8 Å². The van der Waals surface area contributed by atoms with E-state index in [-0.39, 0.29) is 33.9 Å². The fraction of sp³-hybridized carbons (Fsp3) is 0.278. The second-order valence-electron chi connectivity index (χ2n) is 11.9. The molecule has 0 aliphatic heterocycles. The van der Waals surface area contributed by atoms with Crippen LogP contribution in [0.1, 0.15) is 42.4 Å². The molecule has 1 N–H and O–H groups in total. The van der Waals surface area contributed by atoms with Crippen molar-refractivity contribution in [1.29, 1.82) is 0 Å². The van der Waals surface area contributed by atoms with Gasteiger partial charge in [0.2, 0.25) is 11.8 Å². The van der Waals surface area contributed by atoms with Crippen LogP contribution >= 0.6 is 34.8 Å². The van der Waals surface area contributed by atoms with Crippen molar-refractivity contribution in [3.8, 4) is 0 Å². The molecule has 1 fully saturated rings. The first kappa shape index (κ1) is 37.5. The summed E-state index contributed by atoms with van der Waals surface area (Å²) in [5, 5.41) is 3.24. The average Bonchev–Trinajstić information content (AvgIpc) is 3.59. The number of benzene rings is 4. The summed E-state index contributed by atoms with van der Waals surface area (Å²) in [6, 6.07) is 21.5. The number of carbonyl (C=O) groups is 2. The van der Waals surface area contributed by atoms with E-state index in [0.29, 0.717) is 26.5 Å². The molecule has 50 heavy (non-hydrogen) atoms. The number of anilines is 1. The summed E-state index contributed by atoms with van der Waals surface area (Å²) in [5.41, 5.74) is -0.599. The molecule has 0 aromatic heterocycles. The minimum atomic E-state index is -4.85. The van der Waals surface area contributed by atoms with Crippen LogP contribution in [-0.2, 0) is 38.8 Å². The van der Waals surface area contributed by atoms with E-state index in [2.05, 4.69) is 5.32 Å². The molecule has 1 aliphatic carbocycles. The SMILES string of the molecule is O=C(NC1CCCC1)[C@@H](Cc1ccccc1)N(Cc1ccc(Cl)cc1Cl)C(=O)CN(c1cc(C(F)(F)F)ccc1Cl)S(=O)(=O)c1ccccc1. The monoisotopic (exact) mass is 765 g/mol. The number of hydrogen-bond acceptors (Lipinski definition) is 4. The first-order chi connectivity index (χ1) is 23.7. The molecular formula is C36H33Cl3F3N3O4S. The highest BCUT2D eigenvalue weighted by molar-refractivity contribution is 7.92. The molecule has 264 valence electrons. The van der Waals surface area contributed by atoms with Crippen molar-refractivity contribution >= 4 is 62.3 Å². The maximum absolute atomic E-state index is 14.7. The molecule has 0 radical (unpaired) electrons. The van der Waals surface area contributed by atoms with Crippen LogP contribution in [-0.4, -0.2) is 43.8 Å². The van der Waals surface area contributed by atoms with E-state index in [1.807, 2.05) is 0 Å². The zero-order valence-electron chi connectivity index (χ0n) is 26.5. The summed E-state index contributed by atoms with van der Waals surface area (Å²) < 4.78 is 70.6. The standard InChI is InChI=1S/C36H33Cl3F3N3O4S/c37-27-17-15-25(31(39)21-27)22-44(33(19-24-9-3-1-4-10-24)35(47)43-28-11-7-8-12-28)34(46)23-45(50(48,49)29-13-5-2-6-14-29)32-20-26(36(40,41)42)16-18-30(32)38/h1-6,9-10,13-18,20-21,28,33H,7-8,11-12,19,22-23H2,(H,43,47)/t33-/m1/s1. The van der Waals surface area contributed by atoms with Gasteiger partial charge in [0.15, 0.2) is 0 Å². The van der Waals surface area contributed by atoms with Crippen molar-refractivity contribution in [3.05, 3.63) is 129 Å². The minimum Gasteiger partial charge on any atom is -0.352 e. The molecule has 0 saturated heterocycles. The fourth-order valence-corrected chi connectivity index (χ4v) is 8.05. The third-order valence-electron chi connectivity index (χ3n) is 8.48. The molecule has 1 saturated carbocycles. The van der Waals surface area contributed by atoms with Crippen LogP contribution in [0.25, 0.3) is 0 Å². The van der Waals surface area contributed by atoms with Crippen LogP contribution in [0, 0.1) is 0 Å². The zero-order valence-corrected chi connectivity index (χ0v) is 29.6. The number of nitrogens with zero attached hydrogens (tertiary/aromatic N) is 2. The lowest BCUT2D eigenvalue weighted by molar-refractivity contribution is -0.140. The topological polar surface area (TPSA) is 86.8 Å². The third-order valence-corrected chi connectivity index (χ3v) is 11.2. The zero-order chi connectivity index (χ0) is 36.1. The molecule has 0 heterocycles. The molecule has 7 nitrogen and oxygen atoms in total. The van der Waals surface area contributed by atoms with Crippen molar-refractivity contribution < 1.29 is 31.2 Å². The van der Waals surface area contributed by atoms with Gasteiger partial charge in [0.25, 0.3) is 10.0 Å². The van der Waals surface area contributed by atoms with E-state index in [0.717, 1.165) is 37.8 Å². The van der Waals surface area contributed by atoms with Gasteiger partial charge in [-0.15, -0.1) is 0 Å². The van der Waals surface area contributed by atoms with Crippen molar-refractivity contribution in [1.82, 2.24) is 10.2 Å². The largest absolute Gasteiger partial charge is 0.416 e. The molecule has 1 aliphatic rings. The highest BCUT2D eigenvalue weighted by Crippen LogP contribution is 2.38. The molecule has 0 unspecified atom stereocenters. The van der Waals surface area contributed by atoms with Crippen LogP contribution in [0.15, 0.2) is 102 Å². The second-order valence-corrected chi connectivity index (χ2v) is 15.1. The van der Waals surface area contributed by atoms with Crippen molar-refractivity contribution in [2.45, 2.75) is 61.8 Å². The van der Waals surface area contributed by atoms with Gasteiger partial charge < -0.3 is 10.2 Å². The van der Waals surface area contributed by atoms with E-state index in [1.165, 1.54) is 35.2 Å². The third kappa shape index (κ3) is 9.11. The van der Waals surface area contributed by atoms with Gasteiger partial charge in [0.1, 0.15) is 12.6 Å². The summed E-state index contributed by atoms with van der Waals surface area (Å²) in [6.45, 7) is -1.24. The van der Waals surface area contributed by atoms with Gasteiger partial charge in [-0.25, -0.2) is 8.42 Å². The van der Waals surface area contributed by atoms with Gasteiger partial charge in [-0.2, -0.15) is 13.2 Å². The highest BCUT2D eigenvalue weighted by Gasteiger charge is 2.38. The highest BCUT2D eigenvalue weighted by atomic mass is 35.5. The Hall–Kier alpha value is -3.77. The van der Waals surface area contributed by atoms with Crippen molar-refractivity contribution in [2.24, 2.45) is 0 Å². The van der Waals surface area contributed by atoms with Gasteiger partial charge in [-0.05, 0) is 66.4 Å². The van der Waals surface area contributed by atoms with E-state index in [9.17, 15) is 31.2 Å². The number of nitrogens with one attached hydrogen (secondary N) is 1. The second kappa shape index (κ2) is 16.1. The number of halogens is 6. The van der Waals surface area contributed by atoms with Gasteiger partial charge in [0, 0.05) is 29.1 Å². The summed E-state index contributed by atoms with van der Waals surface area (Å²) in [7, 11) is -4.69. The Kier molecular flexibility index (Phi) is 12.0. The summed E-state index contributed by atoms with van der Waals surface area (Å²) >= 11 is 19.1. The predicted molar refractivity (Wildman–Crippen MR) is 189 cm³/mol. The van der Waals surface area contributed by atoms with Gasteiger partial charge in [-0.1, -0.05) is 102 Å². The fourth-order valence-electron chi connectivity index (χ4n) is 5.87. The molecule has 0 spiro atoms. The lowest BCUT2D eigenvalue weighted by Gasteiger charge is -2.34. The van der Waals surface area contributed by atoms with E-state index in [4.69, 9.17) is 34.8 Å². The number of amides is 2. The average molecular weight is 767 g/mol. The van der Waals surface area contributed by atoms with Crippen LogP contribution < -0.4 is 9.62 Å². The Morgan fingerprint density at radius 3 is 2.10 bits per heavy atom. The van der Waals surface area contributed by atoms with Crippen LogP contribution in [0.4, 0.5) is 18.9 Å². The van der Waals surface area contributed by atoms with E-state index < -0.39 is 51.9 Å². The molecule has 4 aromatic rings. The summed E-state index contributed by atoms with van der Waals surface area (Å²) in [6.07, 6.45) is -1.41. The molecular weight excluding hydrogens is 734 g/mol. The Labute approximate surface area is 304 Å². The van der Waals surface area contributed by atoms with E-state index >= 15 is 0 Å². The number of sulfonamides is 1. The van der Waals surface area contributed by atoms with Crippen molar-refractivity contribution in [3.63, 3.8) is 0 Å². The Morgan fingerprint density at radius 1 is 0.840 bits per heavy atom. The predicted octanol–water partition coefficient (Wildman–Crippen LogP) is 8.56. The molecule has 14 heteroatoms. The number of carbonyl (C=O) groups excluding carboxylic acids is 2. The molecule has 0 bridgehead atoms. The lowest BCUT2D eigenvalue weighted by atomic mass is 10.0. The van der Waals surface area contributed by atoms with Gasteiger partial charge in [-0.3, -0.25) is 13.9 Å². The normalized spacial score (nSPS) is 14.3. The maximum atomic E-state index is 14.7. The molecule has 2 amide bonds. The first-order valence-electron chi connectivity index (χ1n) is 15.8. The Bertz CT molecular complexity index is 1930. The van der Waals surface area contributed by atoms with Gasteiger partial charge >= 0.3 is 6.18 Å². The first-order valence-corrected chi connectivity index (χ1v) is 18.3. The number of alkyl halides is 3. The Morgan fingerprint density at radius 2 is 1.48 bits per heavy atom. The smallest absolute Gasteiger partial charge is 0.352 e. The van der Waals surface area contributed by atoms with E-state index in [1.54, 1.807) is 48.5 Å². The summed E-state index contributed by atoms with van der Waals surface area (Å²) in [4.78, 5) is 29.7. The summed E-state index contributed by atoms with van der Waals surface area (Å²) in [5.74, 6) is -1.35. The Balaban J connectivity index is 1.63. The van der Waals surface area contributed by atoms with Crippen LogP contribution in [0.2, 0.25) is 15.1 Å². The lowest BCUT2D eigenvalue weighted by Crippen LogP contribution is -2.54. The van der Waals surface area contributed by atoms with Crippen LogP contribution in [0.3, 0.4) is 0 Å². The van der Waals surface area contributed by atoms with Gasteiger partial charge in [0.05, 0.1) is 21.2 Å².